The molecule has 6 nitrogen and oxygen atoms in total. The van der Waals surface area contributed by atoms with Gasteiger partial charge in [0.2, 0.25) is 0 Å². The van der Waals surface area contributed by atoms with Gasteiger partial charge >= 0.3 is 10.1 Å². The Labute approximate surface area is 134 Å². The van der Waals surface area contributed by atoms with Crippen LogP contribution in [-0.2, 0) is 20.2 Å². The molecule has 23 heavy (non-hydrogen) atoms. The molecule has 0 spiro atoms. The maximum atomic E-state index is 14.6. The van der Waals surface area contributed by atoms with E-state index >= 15 is 0 Å². The highest BCUT2D eigenvalue weighted by Gasteiger charge is 2.63. The Kier molecular flexibility index (Phi) is 5.44. The minimum atomic E-state index is -5.22. The zero-order valence-electron chi connectivity index (χ0n) is 12.7. The second-order valence-electron chi connectivity index (χ2n) is 5.39. The second kappa shape index (κ2) is 6.33. The number of rotatable bonds is 7. The lowest BCUT2D eigenvalue weighted by molar-refractivity contribution is -0.0398. The van der Waals surface area contributed by atoms with Crippen LogP contribution in [0.2, 0.25) is 0 Å². The molecular formula is C13H18F2O6S2. The van der Waals surface area contributed by atoms with Crippen LogP contribution in [0.1, 0.15) is 27.2 Å². The van der Waals surface area contributed by atoms with Gasteiger partial charge in [0, 0.05) is 0 Å². The van der Waals surface area contributed by atoms with E-state index in [9.17, 15) is 25.6 Å². The molecule has 10 heteroatoms. The molecule has 1 atom stereocenters. The van der Waals surface area contributed by atoms with Crippen molar-refractivity contribution in [2.45, 2.75) is 43.1 Å². The molecule has 0 aliphatic carbocycles. The van der Waals surface area contributed by atoms with E-state index in [1.165, 1.54) is 24.3 Å². The van der Waals surface area contributed by atoms with E-state index in [0.717, 1.165) is 6.92 Å². The predicted octanol–water partition coefficient (Wildman–Crippen LogP) is 2.48. The maximum absolute atomic E-state index is 14.6. The Balaban J connectivity index is 3.31. The van der Waals surface area contributed by atoms with Crippen molar-refractivity contribution in [1.29, 1.82) is 0 Å². The molecule has 0 aromatic heterocycles. The van der Waals surface area contributed by atoms with Crippen LogP contribution in [0.25, 0.3) is 0 Å². The Morgan fingerprint density at radius 3 is 2.00 bits per heavy atom. The van der Waals surface area contributed by atoms with E-state index in [2.05, 4.69) is 4.18 Å². The summed E-state index contributed by atoms with van der Waals surface area (Å²) in [6, 6.07) is 7.00. The van der Waals surface area contributed by atoms with Crippen LogP contribution in [0.3, 0.4) is 0 Å². The standard InChI is InChI=1S/C13H18F2O6S2/c1-4-11(13(14,15)12(2,3)23(18,19)20)22(16,17)21-10-8-6-5-7-9-10/h5-9,11H,4H2,1-3H3,(H,18,19,20). The first kappa shape index (κ1) is 19.8. The number of hydrogen-bond donors (Lipinski definition) is 1. The summed E-state index contributed by atoms with van der Waals surface area (Å²) in [5, 5.41) is -2.45. The Bertz CT molecular complexity index is 742. The maximum Gasteiger partial charge on any atom is 0.318 e. The van der Waals surface area contributed by atoms with Gasteiger partial charge in [-0.25, -0.2) is 8.78 Å². The summed E-state index contributed by atoms with van der Waals surface area (Å²) in [4.78, 5) is 0. The molecule has 0 heterocycles. The number of para-hydroxylation sites is 1. The summed E-state index contributed by atoms with van der Waals surface area (Å²) >= 11 is 0. The highest BCUT2D eigenvalue weighted by molar-refractivity contribution is 7.88. The predicted molar refractivity (Wildman–Crippen MR) is 80.6 cm³/mol. The first-order valence-electron chi connectivity index (χ1n) is 6.60. The zero-order chi connectivity index (χ0) is 18.1. The van der Waals surface area contributed by atoms with Gasteiger partial charge in [-0.15, -0.1) is 0 Å². The molecule has 0 aliphatic rings. The summed E-state index contributed by atoms with van der Waals surface area (Å²) in [7, 11) is -10.1. The number of halogens is 2. The topological polar surface area (TPSA) is 97.7 Å². The fourth-order valence-electron chi connectivity index (χ4n) is 1.87. The third-order valence-corrected chi connectivity index (χ3v) is 6.84. The third kappa shape index (κ3) is 3.81. The SMILES string of the molecule is CCC(C(F)(F)C(C)(C)S(=O)(=O)O)S(=O)(=O)Oc1ccccc1. The van der Waals surface area contributed by atoms with Crippen LogP contribution >= 0.6 is 0 Å². The van der Waals surface area contributed by atoms with Crippen LogP contribution in [0.5, 0.6) is 5.75 Å². The molecule has 1 N–H and O–H groups in total. The van der Waals surface area contributed by atoms with Crippen molar-refractivity contribution >= 4 is 20.2 Å². The van der Waals surface area contributed by atoms with Crippen LogP contribution in [0.15, 0.2) is 30.3 Å². The monoisotopic (exact) mass is 372 g/mol. The molecule has 1 aromatic rings. The summed E-state index contributed by atoms with van der Waals surface area (Å²) in [6.45, 7) is 2.27. The van der Waals surface area contributed by atoms with Gasteiger partial charge in [0.15, 0.2) is 10.00 Å². The van der Waals surface area contributed by atoms with Gasteiger partial charge in [0.05, 0.1) is 0 Å². The third-order valence-electron chi connectivity index (χ3n) is 3.53. The highest BCUT2D eigenvalue weighted by Crippen LogP contribution is 2.41. The molecule has 0 aliphatic heterocycles. The van der Waals surface area contributed by atoms with Gasteiger partial charge < -0.3 is 4.18 Å². The van der Waals surface area contributed by atoms with Crippen LogP contribution in [0, 0.1) is 0 Å². The normalized spacial score (nSPS) is 15.2. The van der Waals surface area contributed by atoms with Crippen molar-refractivity contribution < 1.29 is 34.4 Å². The van der Waals surface area contributed by atoms with Gasteiger partial charge in [0.1, 0.15) is 5.75 Å². The molecule has 0 fully saturated rings. The van der Waals surface area contributed by atoms with Crippen LogP contribution in [0.4, 0.5) is 8.78 Å². The van der Waals surface area contributed by atoms with E-state index in [1.54, 1.807) is 6.07 Å². The number of alkyl halides is 2. The van der Waals surface area contributed by atoms with E-state index in [1.807, 2.05) is 0 Å². The molecule has 0 radical (unpaired) electrons. The van der Waals surface area contributed by atoms with Crippen molar-refractivity contribution in [1.82, 2.24) is 0 Å². The molecule has 0 amide bonds. The summed E-state index contributed by atoms with van der Waals surface area (Å²) in [6.07, 6.45) is -0.610. The summed E-state index contributed by atoms with van der Waals surface area (Å²) in [5.74, 6) is -4.46. The van der Waals surface area contributed by atoms with E-state index in [0.29, 0.717) is 13.8 Å². The largest absolute Gasteiger partial charge is 0.382 e. The molecule has 0 saturated carbocycles. The van der Waals surface area contributed by atoms with Crippen molar-refractivity contribution in [3.8, 4) is 5.75 Å². The van der Waals surface area contributed by atoms with Gasteiger partial charge in [-0.05, 0) is 32.4 Å². The van der Waals surface area contributed by atoms with Crippen molar-refractivity contribution in [3.05, 3.63) is 30.3 Å². The fraction of sp³-hybridized carbons (Fsp3) is 0.538. The lowest BCUT2D eigenvalue weighted by atomic mass is 10.00. The zero-order valence-corrected chi connectivity index (χ0v) is 14.4. The smallest absolute Gasteiger partial charge is 0.318 e. The van der Waals surface area contributed by atoms with Crippen molar-refractivity contribution in [2.24, 2.45) is 0 Å². The van der Waals surface area contributed by atoms with Gasteiger partial charge in [0.25, 0.3) is 16.0 Å². The highest BCUT2D eigenvalue weighted by atomic mass is 32.2. The lowest BCUT2D eigenvalue weighted by Gasteiger charge is -2.35. The van der Waals surface area contributed by atoms with Crippen molar-refractivity contribution in [3.63, 3.8) is 0 Å². The molecular weight excluding hydrogens is 354 g/mol. The molecule has 1 rings (SSSR count). The van der Waals surface area contributed by atoms with E-state index in [4.69, 9.17) is 4.55 Å². The second-order valence-corrected chi connectivity index (χ2v) is 9.09. The summed E-state index contributed by atoms with van der Waals surface area (Å²) < 4.78 is 86.7. The van der Waals surface area contributed by atoms with E-state index < -0.39 is 42.6 Å². The minimum absolute atomic E-state index is 0.175. The quantitative estimate of drug-likeness (QED) is 0.583. The Morgan fingerprint density at radius 2 is 1.61 bits per heavy atom. The lowest BCUT2D eigenvalue weighted by Crippen LogP contribution is -2.58. The first-order chi connectivity index (χ1) is 10.3. The number of benzene rings is 1. The molecule has 1 aromatic carbocycles. The Hall–Kier alpha value is -1.26. The Morgan fingerprint density at radius 1 is 1.13 bits per heavy atom. The molecule has 0 saturated heterocycles. The fourth-order valence-corrected chi connectivity index (χ4v) is 3.99. The average molecular weight is 372 g/mol. The van der Waals surface area contributed by atoms with Gasteiger partial charge in [-0.3, -0.25) is 4.55 Å². The van der Waals surface area contributed by atoms with Crippen LogP contribution in [-0.4, -0.2) is 37.3 Å². The van der Waals surface area contributed by atoms with Gasteiger partial charge in [-0.2, -0.15) is 16.8 Å². The minimum Gasteiger partial charge on any atom is -0.382 e. The first-order valence-corrected chi connectivity index (χ1v) is 9.51. The van der Waals surface area contributed by atoms with Crippen molar-refractivity contribution in [2.75, 3.05) is 0 Å². The molecule has 0 bridgehead atoms. The summed E-state index contributed by atoms with van der Waals surface area (Å²) in [5.41, 5.74) is 0. The number of hydrogen-bond acceptors (Lipinski definition) is 5. The average Bonchev–Trinajstić information content (AvgIpc) is 2.37. The molecule has 1 unspecified atom stereocenters. The van der Waals surface area contributed by atoms with E-state index in [-0.39, 0.29) is 5.75 Å². The van der Waals surface area contributed by atoms with Crippen LogP contribution < -0.4 is 4.18 Å². The van der Waals surface area contributed by atoms with Gasteiger partial charge in [-0.1, -0.05) is 25.1 Å². The molecule has 132 valence electrons.